The zero-order valence-corrected chi connectivity index (χ0v) is 11.9. The molecule has 0 radical (unpaired) electrons. The van der Waals surface area contributed by atoms with Crippen LogP contribution in [-0.2, 0) is 6.54 Å². The highest BCUT2D eigenvalue weighted by atomic mass is 16.3. The lowest BCUT2D eigenvalue weighted by molar-refractivity contribution is 0.511. The maximum absolute atomic E-state index is 5.69. The smallest absolute Gasteiger partial charge is 0.211 e. The van der Waals surface area contributed by atoms with Crippen LogP contribution in [0.2, 0.25) is 0 Å². The fourth-order valence-corrected chi connectivity index (χ4v) is 2.17. The van der Waals surface area contributed by atoms with Gasteiger partial charge in [0.2, 0.25) is 5.89 Å². The van der Waals surface area contributed by atoms with Crippen LogP contribution in [0, 0.1) is 13.8 Å². The Bertz CT molecular complexity index is 762. The number of nitrogens with one attached hydrogen (secondary N) is 1. The molecule has 4 nitrogen and oxygen atoms in total. The van der Waals surface area contributed by atoms with Gasteiger partial charge in [-0.25, -0.2) is 4.98 Å². The minimum atomic E-state index is 0.606. The summed E-state index contributed by atoms with van der Waals surface area (Å²) in [5.74, 6) is 0.659. The van der Waals surface area contributed by atoms with Gasteiger partial charge >= 0.3 is 0 Å². The van der Waals surface area contributed by atoms with E-state index in [0.717, 1.165) is 16.7 Å². The van der Waals surface area contributed by atoms with Crippen molar-refractivity contribution in [3.8, 4) is 11.1 Å². The van der Waals surface area contributed by atoms with E-state index in [1.807, 2.05) is 19.3 Å². The first kappa shape index (κ1) is 12.8. The number of hydrogen-bond acceptors (Lipinski definition) is 4. The Balaban J connectivity index is 2.05. The van der Waals surface area contributed by atoms with E-state index in [9.17, 15) is 0 Å². The number of fused-ring (bicyclic) bond motifs is 1. The number of aromatic nitrogens is 2. The molecule has 0 amide bonds. The first-order valence-corrected chi connectivity index (χ1v) is 6.65. The van der Waals surface area contributed by atoms with E-state index in [-0.39, 0.29) is 0 Å². The molecule has 2 heterocycles. The summed E-state index contributed by atoms with van der Waals surface area (Å²) in [6, 6.07) is 8.40. The monoisotopic (exact) mass is 267 g/mol. The fourth-order valence-electron chi connectivity index (χ4n) is 2.17. The van der Waals surface area contributed by atoms with Gasteiger partial charge in [-0.15, -0.1) is 0 Å². The predicted octanol–water partition coefficient (Wildman–Crippen LogP) is 3.23. The number of aryl methyl sites for hydroxylation is 2. The molecule has 0 aliphatic carbocycles. The second-order valence-electron chi connectivity index (χ2n) is 4.98. The molecule has 3 rings (SSSR count). The Hall–Kier alpha value is -2.20. The third-order valence-electron chi connectivity index (χ3n) is 3.46. The molecule has 1 aromatic carbocycles. The zero-order chi connectivity index (χ0) is 14.1. The highest BCUT2D eigenvalue weighted by molar-refractivity contribution is 5.76. The summed E-state index contributed by atoms with van der Waals surface area (Å²) in [5.41, 5.74) is 6.14. The predicted molar refractivity (Wildman–Crippen MR) is 79.5 cm³/mol. The Morgan fingerprint density at radius 2 is 1.95 bits per heavy atom. The van der Waals surface area contributed by atoms with Crippen LogP contribution in [-0.4, -0.2) is 17.0 Å². The summed E-state index contributed by atoms with van der Waals surface area (Å²) in [5, 5.41) is 3.02. The molecule has 1 N–H and O–H groups in total. The lowest BCUT2D eigenvalue weighted by Gasteiger charge is -2.04. The van der Waals surface area contributed by atoms with Crippen molar-refractivity contribution >= 4 is 11.2 Å². The summed E-state index contributed by atoms with van der Waals surface area (Å²) >= 11 is 0. The molecule has 0 unspecified atom stereocenters. The number of pyridine rings is 1. The Kier molecular flexibility index (Phi) is 3.24. The van der Waals surface area contributed by atoms with Crippen molar-refractivity contribution in [2.45, 2.75) is 20.4 Å². The third kappa shape index (κ3) is 2.30. The standard InChI is InChI=1S/C16H17N3O/c1-10-4-5-12(6-11(10)2)13-7-14-16(18-8-13)19-15(20-14)9-17-3/h4-8,17H,9H2,1-3H3. The molecule has 0 fully saturated rings. The normalized spacial score (nSPS) is 11.2. The molecule has 0 aliphatic rings. The van der Waals surface area contributed by atoms with Crippen LogP contribution < -0.4 is 5.32 Å². The summed E-state index contributed by atoms with van der Waals surface area (Å²) in [7, 11) is 1.86. The van der Waals surface area contributed by atoms with E-state index in [2.05, 4.69) is 47.3 Å². The Morgan fingerprint density at radius 1 is 1.10 bits per heavy atom. The van der Waals surface area contributed by atoms with Gasteiger partial charge in [0.1, 0.15) is 0 Å². The van der Waals surface area contributed by atoms with Gasteiger partial charge in [0.25, 0.3) is 0 Å². The van der Waals surface area contributed by atoms with Gasteiger partial charge in [0.15, 0.2) is 11.2 Å². The van der Waals surface area contributed by atoms with Crippen molar-refractivity contribution in [3.63, 3.8) is 0 Å². The number of hydrogen-bond donors (Lipinski definition) is 1. The lowest BCUT2D eigenvalue weighted by atomic mass is 10.0. The van der Waals surface area contributed by atoms with Crippen molar-refractivity contribution < 1.29 is 4.42 Å². The highest BCUT2D eigenvalue weighted by Gasteiger charge is 2.08. The van der Waals surface area contributed by atoms with Gasteiger partial charge in [0.05, 0.1) is 6.54 Å². The van der Waals surface area contributed by atoms with Gasteiger partial charge in [-0.3, -0.25) is 0 Å². The van der Waals surface area contributed by atoms with Gasteiger partial charge in [-0.05, 0) is 43.7 Å². The minimum Gasteiger partial charge on any atom is -0.438 e. The molecular weight excluding hydrogens is 250 g/mol. The molecule has 20 heavy (non-hydrogen) atoms. The number of rotatable bonds is 3. The van der Waals surface area contributed by atoms with Crippen LogP contribution in [0.4, 0.5) is 0 Å². The SMILES string of the molecule is CNCc1nc2ncc(-c3ccc(C)c(C)c3)cc2o1. The van der Waals surface area contributed by atoms with E-state index in [1.54, 1.807) is 0 Å². The first-order chi connectivity index (χ1) is 9.67. The molecule has 0 atom stereocenters. The van der Waals surface area contributed by atoms with Crippen LogP contribution in [0.3, 0.4) is 0 Å². The quantitative estimate of drug-likeness (QED) is 0.791. The van der Waals surface area contributed by atoms with Crippen LogP contribution in [0.5, 0.6) is 0 Å². The van der Waals surface area contributed by atoms with Crippen molar-refractivity contribution in [3.05, 3.63) is 47.5 Å². The second-order valence-corrected chi connectivity index (χ2v) is 4.98. The molecule has 0 saturated heterocycles. The largest absolute Gasteiger partial charge is 0.438 e. The Morgan fingerprint density at radius 3 is 2.70 bits per heavy atom. The molecule has 0 spiro atoms. The van der Waals surface area contributed by atoms with Crippen LogP contribution in [0.25, 0.3) is 22.4 Å². The van der Waals surface area contributed by atoms with E-state index in [4.69, 9.17) is 4.42 Å². The van der Waals surface area contributed by atoms with Gasteiger partial charge < -0.3 is 9.73 Å². The van der Waals surface area contributed by atoms with Crippen molar-refractivity contribution in [2.75, 3.05) is 7.05 Å². The second kappa shape index (κ2) is 5.06. The highest BCUT2D eigenvalue weighted by Crippen LogP contribution is 2.25. The first-order valence-electron chi connectivity index (χ1n) is 6.65. The zero-order valence-electron chi connectivity index (χ0n) is 11.9. The van der Waals surface area contributed by atoms with E-state index < -0.39 is 0 Å². The lowest BCUT2D eigenvalue weighted by Crippen LogP contribution is -2.04. The van der Waals surface area contributed by atoms with Gasteiger partial charge in [-0.2, -0.15) is 4.98 Å². The van der Waals surface area contributed by atoms with Crippen LogP contribution >= 0.6 is 0 Å². The molecule has 0 saturated carbocycles. The number of benzene rings is 1. The molecule has 4 heteroatoms. The molecule has 0 bridgehead atoms. The fraction of sp³-hybridized carbons (Fsp3) is 0.250. The van der Waals surface area contributed by atoms with E-state index in [0.29, 0.717) is 18.1 Å². The average Bonchev–Trinajstić information content (AvgIpc) is 2.83. The summed E-state index contributed by atoms with van der Waals surface area (Å²) in [4.78, 5) is 8.71. The van der Waals surface area contributed by atoms with Crippen molar-refractivity contribution in [2.24, 2.45) is 0 Å². The molecule has 102 valence electrons. The van der Waals surface area contributed by atoms with E-state index in [1.165, 1.54) is 11.1 Å². The molecule has 3 aromatic rings. The maximum atomic E-state index is 5.69. The summed E-state index contributed by atoms with van der Waals surface area (Å²) in [6.45, 7) is 4.83. The average molecular weight is 267 g/mol. The topological polar surface area (TPSA) is 51.0 Å². The summed E-state index contributed by atoms with van der Waals surface area (Å²) in [6.07, 6.45) is 1.85. The van der Waals surface area contributed by atoms with Crippen LogP contribution in [0.15, 0.2) is 34.9 Å². The van der Waals surface area contributed by atoms with Crippen LogP contribution in [0.1, 0.15) is 17.0 Å². The number of nitrogens with zero attached hydrogens (tertiary/aromatic N) is 2. The number of oxazole rings is 1. The summed E-state index contributed by atoms with van der Waals surface area (Å²) < 4.78 is 5.69. The maximum Gasteiger partial charge on any atom is 0.211 e. The van der Waals surface area contributed by atoms with Gasteiger partial charge in [0, 0.05) is 11.8 Å². The van der Waals surface area contributed by atoms with E-state index >= 15 is 0 Å². The Labute approximate surface area is 117 Å². The van der Waals surface area contributed by atoms with Crippen molar-refractivity contribution in [1.29, 1.82) is 0 Å². The molecule has 2 aromatic heterocycles. The van der Waals surface area contributed by atoms with Gasteiger partial charge in [-0.1, -0.05) is 18.2 Å². The molecule has 0 aliphatic heterocycles. The molecular formula is C16H17N3O. The third-order valence-corrected chi connectivity index (χ3v) is 3.46. The minimum absolute atomic E-state index is 0.606. The van der Waals surface area contributed by atoms with Crippen molar-refractivity contribution in [1.82, 2.24) is 15.3 Å².